The van der Waals surface area contributed by atoms with E-state index in [1.165, 1.54) is 6.08 Å². The summed E-state index contributed by atoms with van der Waals surface area (Å²) in [6.07, 6.45) is 1.72. The van der Waals surface area contributed by atoms with Crippen LogP contribution >= 0.6 is 11.6 Å². The van der Waals surface area contributed by atoms with Crippen molar-refractivity contribution in [3.63, 3.8) is 0 Å². The van der Waals surface area contributed by atoms with Crippen molar-refractivity contribution < 1.29 is 16.8 Å². The molecule has 1 aromatic rings. The number of sulfone groups is 1. The Balaban J connectivity index is 2.11. The zero-order valence-corrected chi connectivity index (χ0v) is 13.8. The van der Waals surface area contributed by atoms with Gasteiger partial charge in [-0.15, -0.1) is 0 Å². The fraction of sp³-hybridized carbons (Fsp3) is 0.385. The van der Waals surface area contributed by atoms with Crippen molar-refractivity contribution in [2.24, 2.45) is 0 Å². The number of hydrogen-bond donors (Lipinski definition) is 1. The van der Waals surface area contributed by atoms with E-state index in [0.29, 0.717) is 10.6 Å². The maximum Gasteiger partial charge on any atom is 0.234 e. The Hall–Kier alpha value is -0.890. The molecule has 0 radical (unpaired) electrons. The molecule has 0 unspecified atom stereocenters. The number of halogens is 1. The number of nitrogens with one attached hydrogen (secondary N) is 1. The standard InChI is InChI=1S/C13H16ClNO4S2/c1-13(7-9-20(16,17)10-13)15-21(18,19)8-6-11-2-4-12(14)5-3-11/h2-6,8,15H,7,9-10H2,1H3/b8-6-/t13-/m0/s1. The Morgan fingerprint density at radius 3 is 2.43 bits per heavy atom. The summed E-state index contributed by atoms with van der Waals surface area (Å²) in [5.74, 6) is -0.166. The molecule has 0 amide bonds. The van der Waals surface area contributed by atoms with Crippen LogP contribution in [0.1, 0.15) is 18.9 Å². The molecular formula is C13H16ClNO4S2. The number of sulfonamides is 1. The van der Waals surface area contributed by atoms with E-state index in [-0.39, 0.29) is 17.9 Å². The molecule has 2 rings (SSSR count). The van der Waals surface area contributed by atoms with Gasteiger partial charge in [0.1, 0.15) is 0 Å². The Labute approximate surface area is 130 Å². The zero-order chi connectivity index (χ0) is 15.7. The van der Waals surface area contributed by atoms with Gasteiger partial charge in [-0.25, -0.2) is 21.6 Å². The van der Waals surface area contributed by atoms with Crippen LogP contribution in [0.4, 0.5) is 0 Å². The summed E-state index contributed by atoms with van der Waals surface area (Å²) in [6, 6.07) is 6.70. The van der Waals surface area contributed by atoms with Crippen molar-refractivity contribution >= 4 is 37.5 Å². The van der Waals surface area contributed by atoms with Gasteiger partial charge in [-0.05, 0) is 37.1 Å². The second-order valence-corrected chi connectivity index (χ2v) is 9.59. The van der Waals surface area contributed by atoms with Crippen LogP contribution in [0.3, 0.4) is 0 Å². The monoisotopic (exact) mass is 349 g/mol. The largest absolute Gasteiger partial charge is 0.234 e. The first-order chi connectivity index (χ1) is 9.59. The van der Waals surface area contributed by atoms with Gasteiger partial charge in [-0.3, -0.25) is 0 Å². The van der Waals surface area contributed by atoms with Gasteiger partial charge >= 0.3 is 0 Å². The first-order valence-corrected chi connectivity index (χ1v) is 10.0. The Bertz CT molecular complexity index is 754. The Morgan fingerprint density at radius 2 is 1.90 bits per heavy atom. The molecule has 0 spiro atoms. The summed E-state index contributed by atoms with van der Waals surface area (Å²) in [7, 11) is -6.87. The predicted molar refractivity (Wildman–Crippen MR) is 84.2 cm³/mol. The topological polar surface area (TPSA) is 80.3 Å². The van der Waals surface area contributed by atoms with Crippen LogP contribution in [-0.2, 0) is 19.9 Å². The van der Waals surface area contributed by atoms with E-state index in [9.17, 15) is 16.8 Å². The lowest BCUT2D eigenvalue weighted by Gasteiger charge is -2.22. The maximum absolute atomic E-state index is 12.0. The van der Waals surface area contributed by atoms with Crippen LogP contribution in [0, 0.1) is 0 Å². The first-order valence-electron chi connectivity index (χ1n) is 6.27. The van der Waals surface area contributed by atoms with E-state index < -0.39 is 25.4 Å². The summed E-state index contributed by atoms with van der Waals surface area (Å²) in [4.78, 5) is 0. The molecule has 1 atom stereocenters. The van der Waals surface area contributed by atoms with E-state index in [1.54, 1.807) is 31.2 Å². The van der Waals surface area contributed by atoms with Crippen molar-refractivity contribution in [3.8, 4) is 0 Å². The van der Waals surface area contributed by atoms with Crippen molar-refractivity contribution in [1.29, 1.82) is 0 Å². The summed E-state index contributed by atoms with van der Waals surface area (Å²) in [5.41, 5.74) is -0.254. The third-order valence-electron chi connectivity index (χ3n) is 3.20. The van der Waals surface area contributed by atoms with Gasteiger partial charge in [-0.1, -0.05) is 23.7 Å². The minimum atomic E-state index is -3.71. The fourth-order valence-corrected chi connectivity index (χ4v) is 5.79. The SMILES string of the molecule is C[C@]1(NS(=O)(=O)/C=C\c2ccc(Cl)cc2)CCS(=O)(=O)C1. The minimum Gasteiger partial charge on any atom is -0.229 e. The molecule has 5 nitrogen and oxygen atoms in total. The second-order valence-electron chi connectivity index (χ2n) is 5.40. The van der Waals surface area contributed by atoms with Crippen LogP contribution in [0.15, 0.2) is 29.7 Å². The van der Waals surface area contributed by atoms with E-state index >= 15 is 0 Å². The summed E-state index contributed by atoms with van der Waals surface area (Å²) in [6.45, 7) is 1.60. The Morgan fingerprint density at radius 1 is 1.29 bits per heavy atom. The molecule has 1 aliphatic heterocycles. The lowest BCUT2D eigenvalue weighted by molar-refractivity contribution is 0.465. The number of hydrogen-bond acceptors (Lipinski definition) is 4. The van der Waals surface area contributed by atoms with Gasteiger partial charge < -0.3 is 0 Å². The van der Waals surface area contributed by atoms with Gasteiger partial charge in [0.05, 0.1) is 11.5 Å². The van der Waals surface area contributed by atoms with Crippen molar-refractivity contribution in [1.82, 2.24) is 4.72 Å². The highest BCUT2D eigenvalue weighted by Gasteiger charge is 2.40. The third-order valence-corrected chi connectivity index (χ3v) is 6.63. The minimum absolute atomic E-state index is 0.00686. The molecule has 1 saturated heterocycles. The second kappa shape index (κ2) is 5.72. The molecule has 0 saturated carbocycles. The molecule has 21 heavy (non-hydrogen) atoms. The van der Waals surface area contributed by atoms with Crippen LogP contribution in [-0.4, -0.2) is 33.9 Å². The average molecular weight is 350 g/mol. The third kappa shape index (κ3) is 4.81. The maximum atomic E-state index is 12.0. The van der Waals surface area contributed by atoms with Gasteiger partial charge in [0.25, 0.3) is 0 Å². The van der Waals surface area contributed by atoms with Gasteiger partial charge in [-0.2, -0.15) is 0 Å². The predicted octanol–water partition coefficient (Wildman–Crippen LogP) is 1.81. The molecule has 116 valence electrons. The van der Waals surface area contributed by atoms with E-state index in [2.05, 4.69) is 4.72 Å². The van der Waals surface area contributed by atoms with Crippen LogP contribution in [0.2, 0.25) is 5.02 Å². The highest BCUT2D eigenvalue weighted by Crippen LogP contribution is 2.24. The summed E-state index contributed by atoms with van der Waals surface area (Å²) in [5, 5.41) is 1.60. The summed E-state index contributed by atoms with van der Waals surface area (Å²) >= 11 is 5.75. The fourth-order valence-electron chi connectivity index (χ4n) is 2.21. The quantitative estimate of drug-likeness (QED) is 0.898. The van der Waals surface area contributed by atoms with Gasteiger partial charge in [0.2, 0.25) is 10.0 Å². The van der Waals surface area contributed by atoms with E-state index in [4.69, 9.17) is 11.6 Å². The van der Waals surface area contributed by atoms with E-state index in [0.717, 1.165) is 5.41 Å². The first kappa shape index (κ1) is 16.5. The zero-order valence-electron chi connectivity index (χ0n) is 11.4. The van der Waals surface area contributed by atoms with Crippen LogP contribution < -0.4 is 4.72 Å². The number of benzene rings is 1. The highest BCUT2D eigenvalue weighted by molar-refractivity contribution is 7.93. The molecule has 8 heteroatoms. The lowest BCUT2D eigenvalue weighted by Crippen LogP contribution is -2.45. The van der Waals surface area contributed by atoms with E-state index in [1.807, 2.05) is 0 Å². The molecule has 1 aromatic carbocycles. The molecule has 0 bridgehead atoms. The van der Waals surface area contributed by atoms with Gasteiger partial charge in [0.15, 0.2) is 9.84 Å². The normalized spacial score (nSPS) is 25.4. The van der Waals surface area contributed by atoms with Crippen LogP contribution in [0.5, 0.6) is 0 Å². The molecule has 1 heterocycles. The molecular weight excluding hydrogens is 334 g/mol. The Kier molecular flexibility index (Phi) is 4.49. The van der Waals surface area contributed by atoms with Crippen LogP contribution in [0.25, 0.3) is 6.08 Å². The van der Waals surface area contributed by atoms with Gasteiger partial charge in [0, 0.05) is 16.0 Å². The molecule has 1 aliphatic rings. The smallest absolute Gasteiger partial charge is 0.229 e. The molecule has 1 N–H and O–H groups in total. The van der Waals surface area contributed by atoms with Crippen molar-refractivity contribution in [3.05, 3.63) is 40.3 Å². The van der Waals surface area contributed by atoms with Crippen molar-refractivity contribution in [2.75, 3.05) is 11.5 Å². The lowest BCUT2D eigenvalue weighted by atomic mass is 10.0. The molecule has 0 aliphatic carbocycles. The summed E-state index contributed by atoms with van der Waals surface area (Å²) < 4.78 is 49.5. The molecule has 0 aromatic heterocycles. The van der Waals surface area contributed by atoms with Crippen molar-refractivity contribution in [2.45, 2.75) is 18.9 Å². The molecule has 1 fully saturated rings. The average Bonchev–Trinajstić information content (AvgIpc) is 2.61. The highest BCUT2D eigenvalue weighted by atomic mass is 35.5. The number of rotatable bonds is 4.